The molecule has 2 aromatic heterocycles. The summed E-state index contributed by atoms with van der Waals surface area (Å²) < 4.78 is 34.6. The number of rotatable bonds is 3. The van der Waals surface area contributed by atoms with Gasteiger partial charge in [0.15, 0.2) is 5.65 Å². The maximum Gasteiger partial charge on any atom is 0.410 e. The molecular formula is C30H30N4O5S. The van der Waals surface area contributed by atoms with Crippen molar-refractivity contribution < 1.29 is 22.7 Å². The van der Waals surface area contributed by atoms with Gasteiger partial charge in [-0.2, -0.15) is 0 Å². The highest BCUT2D eigenvalue weighted by Gasteiger charge is 2.56. The molecule has 4 aromatic rings. The van der Waals surface area contributed by atoms with Crippen LogP contribution in [0.1, 0.15) is 32.8 Å². The summed E-state index contributed by atoms with van der Waals surface area (Å²) in [5.74, 6) is -0.152. The first-order chi connectivity index (χ1) is 18.9. The number of likely N-dealkylation sites (tertiary alicyclic amines) is 1. The smallest absolute Gasteiger partial charge is 0.410 e. The Morgan fingerprint density at radius 2 is 1.68 bits per heavy atom. The van der Waals surface area contributed by atoms with Gasteiger partial charge >= 0.3 is 6.09 Å². The van der Waals surface area contributed by atoms with Crippen LogP contribution in [0.25, 0.3) is 22.2 Å². The first-order valence-electron chi connectivity index (χ1n) is 13.1. The molecule has 4 heterocycles. The van der Waals surface area contributed by atoms with Crippen LogP contribution in [0.15, 0.2) is 78.0 Å². The largest absolute Gasteiger partial charge is 0.444 e. The van der Waals surface area contributed by atoms with Gasteiger partial charge in [0.2, 0.25) is 5.91 Å². The third kappa shape index (κ3) is 3.89. The number of aromatic nitrogens is 2. The molecule has 0 saturated carbocycles. The Morgan fingerprint density at radius 1 is 1.02 bits per heavy atom. The minimum atomic E-state index is -4.01. The van der Waals surface area contributed by atoms with Crippen molar-refractivity contribution in [3.8, 4) is 11.1 Å². The fourth-order valence-corrected chi connectivity index (χ4v) is 7.17. The fraction of sp³-hybridized carbons (Fsp3) is 0.300. The predicted octanol–water partition coefficient (Wildman–Crippen LogP) is 4.80. The molecule has 1 saturated heterocycles. The second-order valence-corrected chi connectivity index (χ2v) is 13.2. The van der Waals surface area contributed by atoms with E-state index in [2.05, 4.69) is 4.98 Å². The van der Waals surface area contributed by atoms with Crippen molar-refractivity contribution >= 4 is 38.7 Å². The Hall–Kier alpha value is -4.18. The Labute approximate surface area is 233 Å². The number of anilines is 1. The van der Waals surface area contributed by atoms with E-state index in [9.17, 15) is 18.0 Å². The molecule has 2 aliphatic rings. The van der Waals surface area contributed by atoms with E-state index in [-0.39, 0.29) is 23.0 Å². The number of pyridine rings is 1. The highest BCUT2D eigenvalue weighted by molar-refractivity contribution is 7.90. The number of hydrogen-bond acceptors (Lipinski definition) is 6. The summed E-state index contributed by atoms with van der Waals surface area (Å²) in [7, 11) is -2.31. The third-order valence-electron chi connectivity index (χ3n) is 7.62. The number of carbonyl (C=O) groups is 2. The highest BCUT2D eigenvalue weighted by atomic mass is 32.2. The number of ether oxygens (including phenoxy) is 1. The summed E-state index contributed by atoms with van der Waals surface area (Å²) in [5.41, 5.74) is 1.24. The SMILES string of the molecule is CN1C(=O)C2(CCN(C(=O)OC(C)(C)C)C2)c2c1cnc1c2c(-c2ccccc2)cn1S(=O)(=O)c1ccccc1. The molecule has 1 unspecified atom stereocenters. The van der Waals surface area contributed by atoms with Crippen molar-refractivity contribution in [1.82, 2.24) is 13.9 Å². The van der Waals surface area contributed by atoms with E-state index in [1.807, 2.05) is 30.3 Å². The van der Waals surface area contributed by atoms with Gasteiger partial charge in [-0.3, -0.25) is 4.79 Å². The molecule has 2 aromatic carbocycles. The van der Waals surface area contributed by atoms with Crippen LogP contribution in [0.3, 0.4) is 0 Å². The van der Waals surface area contributed by atoms with Crippen molar-refractivity contribution in [2.45, 2.75) is 43.1 Å². The molecule has 2 amide bonds. The molecule has 0 bridgehead atoms. The molecule has 40 heavy (non-hydrogen) atoms. The maximum atomic E-state index is 14.0. The van der Waals surface area contributed by atoms with Crippen molar-refractivity contribution in [2.24, 2.45) is 0 Å². The van der Waals surface area contributed by atoms with E-state index in [0.29, 0.717) is 35.2 Å². The van der Waals surface area contributed by atoms with Gasteiger partial charge in [-0.15, -0.1) is 0 Å². The summed E-state index contributed by atoms with van der Waals surface area (Å²) in [4.78, 5) is 34.9. The number of hydrogen-bond donors (Lipinski definition) is 0. The molecule has 206 valence electrons. The first kappa shape index (κ1) is 26.1. The molecular weight excluding hydrogens is 528 g/mol. The summed E-state index contributed by atoms with van der Waals surface area (Å²) in [6, 6.07) is 17.7. The first-order valence-corrected chi connectivity index (χ1v) is 14.5. The van der Waals surface area contributed by atoms with Gasteiger partial charge in [0, 0.05) is 42.8 Å². The summed E-state index contributed by atoms with van der Waals surface area (Å²) in [6.45, 7) is 5.87. The van der Waals surface area contributed by atoms with Gasteiger partial charge in [0.1, 0.15) is 5.60 Å². The average molecular weight is 559 g/mol. The van der Waals surface area contributed by atoms with E-state index < -0.39 is 27.1 Å². The molecule has 1 fully saturated rings. The monoisotopic (exact) mass is 558 g/mol. The van der Waals surface area contributed by atoms with Gasteiger partial charge in [0.05, 0.1) is 22.2 Å². The zero-order valence-corrected chi connectivity index (χ0v) is 23.6. The minimum Gasteiger partial charge on any atom is -0.444 e. The zero-order chi connectivity index (χ0) is 28.4. The van der Waals surface area contributed by atoms with Crippen LogP contribution in [0, 0.1) is 0 Å². The van der Waals surface area contributed by atoms with Gasteiger partial charge in [-0.1, -0.05) is 48.5 Å². The molecule has 10 heteroatoms. The Morgan fingerprint density at radius 3 is 2.33 bits per heavy atom. The number of amides is 2. The van der Waals surface area contributed by atoms with Crippen LogP contribution in [-0.2, 0) is 25.0 Å². The lowest BCUT2D eigenvalue weighted by molar-refractivity contribution is -0.122. The quantitative estimate of drug-likeness (QED) is 0.358. The molecule has 2 aliphatic heterocycles. The van der Waals surface area contributed by atoms with Crippen molar-refractivity contribution in [2.75, 3.05) is 25.0 Å². The molecule has 1 atom stereocenters. The second kappa shape index (κ2) is 8.92. The summed E-state index contributed by atoms with van der Waals surface area (Å²) in [5, 5.41) is 0.590. The van der Waals surface area contributed by atoms with Gasteiger partial charge in [0.25, 0.3) is 10.0 Å². The van der Waals surface area contributed by atoms with E-state index in [1.165, 1.54) is 3.97 Å². The summed E-state index contributed by atoms with van der Waals surface area (Å²) >= 11 is 0. The lowest BCUT2D eigenvalue weighted by atomic mass is 9.79. The highest BCUT2D eigenvalue weighted by Crippen LogP contribution is 2.52. The number of fused-ring (bicyclic) bond motifs is 4. The zero-order valence-electron chi connectivity index (χ0n) is 22.8. The average Bonchev–Trinajstić information content (AvgIpc) is 3.60. The van der Waals surface area contributed by atoms with Gasteiger partial charge < -0.3 is 14.5 Å². The van der Waals surface area contributed by atoms with Crippen LogP contribution >= 0.6 is 0 Å². The normalized spacial score (nSPS) is 19.1. The lowest BCUT2D eigenvalue weighted by Gasteiger charge is -2.26. The molecule has 1 spiro atoms. The molecule has 9 nitrogen and oxygen atoms in total. The second-order valence-electron chi connectivity index (χ2n) is 11.3. The topological polar surface area (TPSA) is 102 Å². The molecule has 0 radical (unpaired) electrons. The number of benzene rings is 2. The van der Waals surface area contributed by atoms with Crippen LogP contribution < -0.4 is 4.90 Å². The van der Waals surface area contributed by atoms with Gasteiger partial charge in [-0.25, -0.2) is 22.2 Å². The van der Waals surface area contributed by atoms with Crippen LogP contribution in [0.2, 0.25) is 0 Å². The van der Waals surface area contributed by atoms with E-state index in [4.69, 9.17) is 4.74 Å². The van der Waals surface area contributed by atoms with Crippen LogP contribution in [0.5, 0.6) is 0 Å². The predicted molar refractivity (Wildman–Crippen MR) is 152 cm³/mol. The van der Waals surface area contributed by atoms with Gasteiger partial charge in [-0.05, 0) is 44.9 Å². The maximum absolute atomic E-state index is 14.0. The van der Waals surface area contributed by atoms with Crippen molar-refractivity contribution in [3.05, 3.63) is 78.6 Å². The van der Waals surface area contributed by atoms with Crippen LogP contribution in [-0.4, -0.2) is 60.0 Å². The molecule has 0 N–H and O–H groups in total. The summed E-state index contributed by atoms with van der Waals surface area (Å²) in [6.07, 6.45) is 3.05. The van der Waals surface area contributed by atoms with Crippen molar-refractivity contribution in [3.63, 3.8) is 0 Å². The number of likely N-dealkylation sites (N-methyl/N-ethyl adjacent to an activating group) is 1. The molecule has 6 rings (SSSR count). The Kier molecular flexibility index (Phi) is 5.81. The lowest BCUT2D eigenvalue weighted by Crippen LogP contribution is -2.43. The number of carbonyl (C=O) groups excluding carboxylic acids is 2. The van der Waals surface area contributed by atoms with E-state index in [0.717, 1.165) is 5.56 Å². The standard InChI is InChI=1S/C30H30N4O5S/c1-29(2,3)39-28(36)33-16-15-30(19-33)25-23(32(4)27(30)35)17-31-26-24(25)22(20-11-7-5-8-12-20)18-34(26)40(37,38)21-13-9-6-10-14-21/h5-14,17-18H,15-16,19H2,1-4H3. The van der Waals surface area contributed by atoms with Crippen LogP contribution in [0.4, 0.5) is 10.5 Å². The number of nitrogens with zero attached hydrogens (tertiary/aromatic N) is 4. The fourth-order valence-electron chi connectivity index (χ4n) is 5.83. The van der Waals surface area contributed by atoms with E-state index in [1.54, 1.807) is 80.3 Å². The Balaban J connectivity index is 1.61. The van der Waals surface area contributed by atoms with E-state index >= 15 is 0 Å². The van der Waals surface area contributed by atoms with Crippen molar-refractivity contribution in [1.29, 1.82) is 0 Å². The minimum absolute atomic E-state index is 0.127. The molecule has 0 aliphatic carbocycles. The third-order valence-corrected chi connectivity index (χ3v) is 9.29. The Bertz CT molecular complexity index is 1760.